The molecular formula is C28H26F4N6O3. The molecule has 0 bridgehead atoms. The van der Waals surface area contributed by atoms with Gasteiger partial charge < -0.3 is 25.0 Å². The first kappa shape index (κ1) is 28.1. The van der Waals surface area contributed by atoms with Crippen LogP contribution in [0.25, 0.3) is 10.9 Å². The molecule has 3 heterocycles. The number of nitrogens with one attached hydrogen (secondary N) is 2. The normalized spacial score (nSPS) is 18.0. The van der Waals surface area contributed by atoms with Crippen molar-refractivity contribution < 1.29 is 27.2 Å². The first-order valence-electron chi connectivity index (χ1n) is 13.0. The molecule has 2 aliphatic rings. The Morgan fingerprint density at radius 3 is 2.49 bits per heavy atom. The van der Waals surface area contributed by atoms with E-state index in [0.29, 0.717) is 26.2 Å². The standard InChI is InChI=1S/C28H26F4N6O3/c1-36-7-9-37(10-8-36)27(41)20-11-16(14-33)12-21(28(30,31)32)25(20)38-6-5-17(15-38)34-26(40)19-13-23(39)35-24-18(19)3-2-4-22(24)29/h2-4,11-13,17H,5-10,15H2,1H3,(H,34,40)(H,35,39)/t17-/m1/s1. The lowest BCUT2D eigenvalue weighted by molar-refractivity contribution is -0.137. The highest BCUT2D eigenvalue weighted by Crippen LogP contribution is 2.41. The molecule has 0 spiro atoms. The van der Waals surface area contributed by atoms with E-state index in [-0.39, 0.29) is 52.8 Å². The number of benzene rings is 2. The Bertz CT molecular complexity index is 1620. The molecule has 2 fully saturated rings. The zero-order chi connectivity index (χ0) is 29.5. The van der Waals surface area contributed by atoms with Crippen LogP contribution in [-0.2, 0) is 6.18 Å². The number of nitrogens with zero attached hydrogens (tertiary/aromatic N) is 4. The number of carbonyl (C=O) groups is 2. The highest BCUT2D eigenvalue weighted by Gasteiger charge is 2.40. The Morgan fingerprint density at radius 2 is 1.80 bits per heavy atom. The quantitative estimate of drug-likeness (QED) is 0.467. The Labute approximate surface area is 231 Å². The Kier molecular flexibility index (Phi) is 7.44. The number of alkyl halides is 3. The van der Waals surface area contributed by atoms with Gasteiger partial charge in [-0.2, -0.15) is 18.4 Å². The summed E-state index contributed by atoms with van der Waals surface area (Å²) in [6, 6.07) is 8.08. The van der Waals surface area contributed by atoms with E-state index < -0.39 is 41.0 Å². The maximum absolute atomic E-state index is 14.3. The van der Waals surface area contributed by atoms with E-state index in [1.807, 2.05) is 11.9 Å². The zero-order valence-corrected chi connectivity index (χ0v) is 22.0. The smallest absolute Gasteiger partial charge is 0.368 e. The number of likely N-dealkylation sites (N-methyl/N-ethyl adjacent to an activating group) is 1. The number of amides is 2. The topological polar surface area (TPSA) is 113 Å². The molecule has 0 aliphatic carbocycles. The van der Waals surface area contributed by atoms with Crippen molar-refractivity contribution in [3.05, 3.63) is 74.8 Å². The van der Waals surface area contributed by atoms with Gasteiger partial charge in [-0.15, -0.1) is 0 Å². The van der Waals surface area contributed by atoms with Gasteiger partial charge in [-0.25, -0.2) is 4.39 Å². The van der Waals surface area contributed by atoms with Crippen LogP contribution in [0.1, 0.15) is 38.3 Å². The number of carbonyl (C=O) groups excluding carboxylic acids is 2. The van der Waals surface area contributed by atoms with Crippen LogP contribution in [0.15, 0.2) is 41.2 Å². The molecular weight excluding hydrogens is 544 g/mol. The van der Waals surface area contributed by atoms with E-state index in [4.69, 9.17) is 0 Å². The molecule has 214 valence electrons. The summed E-state index contributed by atoms with van der Waals surface area (Å²) in [5.41, 5.74) is -2.81. The summed E-state index contributed by atoms with van der Waals surface area (Å²) in [6.45, 7) is 1.81. The molecule has 41 heavy (non-hydrogen) atoms. The summed E-state index contributed by atoms with van der Waals surface area (Å²) in [4.78, 5) is 46.0. The molecule has 2 N–H and O–H groups in total. The second-order valence-corrected chi connectivity index (χ2v) is 10.2. The zero-order valence-electron chi connectivity index (χ0n) is 22.0. The average molecular weight is 571 g/mol. The van der Waals surface area contributed by atoms with E-state index in [0.717, 1.165) is 18.2 Å². The van der Waals surface area contributed by atoms with Crippen LogP contribution < -0.4 is 15.8 Å². The summed E-state index contributed by atoms with van der Waals surface area (Å²) in [5.74, 6) is -1.98. The summed E-state index contributed by atoms with van der Waals surface area (Å²) in [6.07, 6.45) is -4.60. The van der Waals surface area contributed by atoms with Crippen LogP contribution >= 0.6 is 0 Å². The van der Waals surface area contributed by atoms with Gasteiger partial charge in [0.25, 0.3) is 11.8 Å². The number of fused-ring (bicyclic) bond motifs is 1. The van der Waals surface area contributed by atoms with Gasteiger partial charge >= 0.3 is 6.18 Å². The van der Waals surface area contributed by atoms with Crippen molar-refractivity contribution in [3.63, 3.8) is 0 Å². The molecule has 5 rings (SSSR count). The minimum absolute atomic E-state index is 0.0563. The van der Waals surface area contributed by atoms with Gasteiger partial charge in [-0.1, -0.05) is 12.1 Å². The number of piperazine rings is 1. The fourth-order valence-electron chi connectivity index (χ4n) is 5.37. The number of pyridine rings is 1. The van der Waals surface area contributed by atoms with Gasteiger partial charge in [-0.05, 0) is 31.7 Å². The van der Waals surface area contributed by atoms with E-state index in [2.05, 4.69) is 10.3 Å². The molecule has 13 heteroatoms. The lowest BCUT2D eigenvalue weighted by atomic mass is 10.00. The highest BCUT2D eigenvalue weighted by atomic mass is 19.4. The molecule has 2 aliphatic heterocycles. The number of rotatable bonds is 4. The SMILES string of the molecule is CN1CCN(C(=O)c2cc(C#N)cc(C(F)(F)F)c2N2CC[C@@H](NC(=O)c3cc(=O)[nH]c4c(F)cccc34)C2)CC1. The minimum atomic E-state index is -4.85. The molecule has 0 radical (unpaired) electrons. The van der Waals surface area contributed by atoms with Crippen LogP contribution in [0, 0.1) is 17.1 Å². The van der Waals surface area contributed by atoms with Crippen molar-refractivity contribution >= 4 is 28.4 Å². The largest absolute Gasteiger partial charge is 0.418 e. The van der Waals surface area contributed by atoms with Crippen LogP contribution in [-0.4, -0.2) is 79.0 Å². The molecule has 2 saturated heterocycles. The first-order chi connectivity index (χ1) is 19.5. The van der Waals surface area contributed by atoms with Crippen molar-refractivity contribution in [1.82, 2.24) is 20.1 Å². The van der Waals surface area contributed by atoms with Gasteiger partial charge in [0.2, 0.25) is 5.56 Å². The molecule has 1 atom stereocenters. The van der Waals surface area contributed by atoms with Gasteiger partial charge in [0.1, 0.15) is 5.82 Å². The van der Waals surface area contributed by atoms with Crippen molar-refractivity contribution in [3.8, 4) is 6.07 Å². The fraction of sp³-hybridized carbons (Fsp3) is 0.357. The van der Waals surface area contributed by atoms with Gasteiger partial charge in [0.05, 0.1) is 39.5 Å². The van der Waals surface area contributed by atoms with Crippen molar-refractivity contribution in [2.45, 2.75) is 18.6 Å². The number of para-hydroxylation sites is 1. The lowest BCUT2D eigenvalue weighted by Crippen LogP contribution is -2.47. The van der Waals surface area contributed by atoms with E-state index >= 15 is 0 Å². The predicted molar refractivity (Wildman–Crippen MR) is 142 cm³/mol. The molecule has 2 amide bonds. The van der Waals surface area contributed by atoms with Crippen molar-refractivity contribution in [2.75, 3.05) is 51.2 Å². The summed E-state index contributed by atoms with van der Waals surface area (Å²) < 4.78 is 57.2. The van der Waals surface area contributed by atoms with E-state index in [1.54, 1.807) is 6.07 Å². The number of hydrogen-bond acceptors (Lipinski definition) is 6. The third kappa shape index (κ3) is 5.60. The van der Waals surface area contributed by atoms with Gasteiger partial charge in [0, 0.05) is 56.8 Å². The number of hydrogen-bond donors (Lipinski definition) is 2. The maximum Gasteiger partial charge on any atom is 0.418 e. The number of aromatic amines is 1. The molecule has 0 saturated carbocycles. The molecule has 1 aromatic heterocycles. The number of anilines is 1. The minimum Gasteiger partial charge on any atom is -0.368 e. The van der Waals surface area contributed by atoms with Crippen LogP contribution in [0.2, 0.25) is 0 Å². The van der Waals surface area contributed by atoms with Crippen LogP contribution in [0.5, 0.6) is 0 Å². The number of nitriles is 1. The monoisotopic (exact) mass is 570 g/mol. The Hall–Kier alpha value is -4.44. The average Bonchev–Trinajstić information content (AvgIpc) is 3.40. The first-order valence-corrected chi connectivity index (χ1v) is 13.0. The van der Waals surface area contributed by atoms with Crippen molar-refractivity contribution in [2.24, 2.45) is 0 Å². The van der Waals surface area contributed by atoms with E-state index in [9.17, 15) is 37.2 Å². The fourth-order valence-corrected chi connectivity index (χ4v) is 5.37. The number of H-pyrrole nitrogens is 1. The number of aromatic nitrogens is 1. The third-order valence-electron chi connectivity index (χ3n) is 7.48. The van der Waals surface area contributed by atoms with Gasteiger partial charge in [-0.3, -0.25) is 14.4 Å². The molecule has 3 aromatic rings. The second-order valence-electron chi connectivity index (χ2n) is 10.2. The lowest BCUT2D eigenvalue weighted by Gasteiger charge is -2.34. The second kappa shape index (κ2) is 10.9. The number of halogens is 4. The van der Waals surface area contributed by atoms with Gasteiger partial charge in [0.15, 0.2) is 0 Å². The maximum atomic E-state index is 14.3. The molecule has 0 unspecified atom stereocenters. The van der Waals surface area contributed by atoms with E-state index in [1.165, 1.54) is 28.0 Å². The Balaban J connectivity index is 1.46. The summed E-state index contributed by atoms with van der Waals surface area (Å²) in [5, 5.41) is 12.4. The van der Waals surface area contributed by atoms with Crippen molar-refractivity contribution in [1.29, 1.82) is 5.26 Å². The highest BCUT2D eigenvalue weighted by molar-refractivity contribution is 6.06. The predicted octanol–water partition coefficient (Wildman–Crippen LogP) is 2.95. The van der Waals surface area contributed by atoms with Crippen LogP contribution in [0.3, 0.4) is 0 Å². The molecule has 9 nitrogen and oxygen atoms in total. The summed E-state index contributed by atoms with van der Waals surface area (Å²) in [7, 11) is 1.88. The molecule has 2 aromatic carbocycles. The van der Waals surface area contributed by atoms with Crippen LogP contribution in [0.4, 0.5) is 23.2 Å². The Morgan fingerprint density at radius 1 is 1.07 bits per heavy atom. The summed E-state index contributed by atoms with van der Waals surface area (Å²) >= 11 is 0. The third-order valence-corrected chi connectivity index (χ3v) is 7.48.